The maximum Gasteiger partial charge on any atom is 0.276 e. The van der Waals surface area contributed by atoms with Crippen LogP contribution in [-0.4, -0.2) is 30.5 Å². The molecule has 1 aromatic carbocycles. The van der Waals surface area contributed by atoms with E-state index < -0.39 is 5.91 Å². The van der Waals surface area contributed by atoms with Crippen molar-refractivity contribution in [3.63, 3.8) is 0 Å². The molecule has 110 valence electrons. The second-order valence-electron chi connectivity index (χ2n) is 4.49. The first-order valence-electron chi connectivity index (χ1n) is 6.45. The average molecular weight is 296 g/mol. The molecular weight excluding hydrogens is 284 g/mol. The lowest BCUT2D eigenvalue weighted by atomic mass is 10.2. The molecular formula is C14H12N6O2. The molecule has 0 saturated heterocycles. The first-order chi connectivity index (χ1) is 10.6. The van der Waals surface area contributed by atoms with Crippen LogP contribution in [0.25, 0.3) is 5.69 Å². The van der Waals surface area contributed by atoms with Crippen LogP contribution in [0.5, 0.6) is 0 Å². The molecule has 0 atom stereocenters. The number of amides is 1. The van der Waals surface area contributed by atoms with Crippen molar-refractivity contribution in [3.05, 3.63) is 65.1 Å². The fourth-order valence-electron chi connectivity index (χ4n) is 1.92. The Bertz CT molecular complexity index is 869. The molecule has 1 N–H and O–H groups in total. The maximum absolute atomic E-state index is 12.3. The number of rotatable bonds is 3. The molecule has 0 aliphatic rings. The fraction of sp³-hybridized carbons (Fsp3) is 0.0714. The van der Waals surface area contributed by atoms with Crippen LogP contribution >= 0.6 is 0 Å². The lowest BCUT2D eigenvalue weighted by Crippen LogP contribution is -2.24. The zero-order valence-electron chi connectivity index (χ0n) is 11.7. The largest absolute Gasteiger partial charge is 0.319 e. The van der Waals surface area contributed by atoms with Crippen LogP contribution in [-0.2, 0) is 7.05 Å². The molecule has 0 aliphatic heterocycles. The van der Waals surface area contributed by atoms with Gasteiger partial charge in [0.2, 0.25) is 0 Å². The molecule has 1 amide bonds. The molecule has 2 heterocycles. The first kappa shape index (κ1) is 13.7. The van der Waals surface area contributed by atoms with Gasteiger partial charge in [-0.05, 0) is 18.2 Å². The zero-order valence-corrected chi connectivity index (χ0v) is 11.7. The van der Waals surface area contributed by atoms with Gasteiger partial charge in [0.1, 0.15) is 18.3 Å². The number of nitrogens with one attached hydrogen (secondary N) is 1. The summed E-state index contributed by atoms with van der Waals surface area (Å²) in [7, 11) is 1.49. The Hall–Kier alpha value is -3.29. The number of aryl methyl sites for hydroxylation is 1. The van der Waals surface area contributed by atoms with Gasteiger partial charge in [-0.15, -0.1) is 0 Å². The number of aromatic nitrogens is 5. The minimum absolute atomic E-state index is 0.149. The van der Waals surface area contributed by atoms with Gasteiger partial charge in [0.25, 0.3) is 11.5 Å². The van der Waals surface area contributed by atoms with E-state index in [0.717, 1.165) is 4.68 Å². The van der Waals surface area contributed by atoms with Gasteiger partial charge in [0.05, 0.1) is 11.4 Å². The number of hydrogen-bond acceptors (Lipinski definition) is 5. The van der Waals surface area contributed by atoms with E-state index in [1.807, 2.05) is 6.07 Å². The molecule has 8 heteroatoms. The SMILES string of the molecule is Cn1nc(C(=O)Nc2ccccc2-n2cncn2)ccc1=O. The molecule has 0 radical (unpaired) electrons. The van der Waals surface area contributed by atoms with E-state index in [2.05, 4.69) is 20.5 Å². The molecule has 0 aliphatic carbocycles. The van der Waals surface area contributed by atoms with E-state index in [0.29, 0.717) is 11.4 Å². The molecule has 0 unspecified atom stereocenters. The standard InChI is InChI=1S/C14H12N6O2/c1-19-13(21)7-6-11(18-19)14(22)17-10-4-2-3-5-12(10)20-9-15-8-16-20/h2-9H,1H3,(H,17,22). The van der Waals surface area contributed by atoms with E-state index in [1.54, 1.807) is 22.9 Å². The van der Waals surface area contributed by atoms with Crippen LogP contribution in [0.3, 0.4) is 0 Å². The Morgan fingerprint density at radius 3 is 2.73 bits per heavy atom. The highest BCUT2D eigenvalue weighted by atomic mass is 16.2. The minimum atomic E-state index is -0.414. The second kappa shape index (κ2) is 5.60. The Morgan fingerprint density at radius 1 is 1.18 bits per heavy atom. The molecule has 22 heavy (non-hydrogen) atoms. The Kier molecular flexibility index (Phi) is 3.48. The number of hydrogen-bond donors (Lipinski definition) is 1. The molecule has 8 nitrogen and oxygen atoms in total. The zero-order chi connectivity index (χ0) is 15.5. The van der Waals surface area contributed by atoms with Gasteiger partial charge in [-0.3, -0.25) is 9.59 Å². The third-order valence-corrected chi connectivity index (χ3v) is 3.01. The summed E-state index contributed by atoms with van der Waals surface area (Å²) in [4.78, 5) is 27.5. The lowest BCUT2D eigenvalue weighted by molar-refractivity contribution is 0.102. The van der Waals surface area contributed by atoms with E-state index in [9.17, 15) is 9.59 Å². The van der Waals surface area contributed by atoms with Crippen LogP contribution in [0, 0.1) is 0 Å². The van der Waals surface area contributed by atoms with E-state index in [-0.39, 0.29) is 11.3 Å². The van der Waals surface area contributed by atoms with Crippen molar-refractivity contribution in [3.8, 4) is 5.69 Å². The molecule has 3 aromatic rings. The van der Waals surface area contributed by atoms with Crippen LogP contribution in [0.4, 0.5) is 5.69 Å². The Balaban J connectivity index is 1.92. The van der Waals surface area contributed by atoms with Gasteiger partial charge in [0.15, 0.2) is 0 Å². The Morgan fingerprint density at radius 2 is 2.00 bits per heavy atom. The smallest absolute Gasteiger partial charge is 0.276 e. The number of carbonyl (C=O) groups is 1. The summed E-state index contributed by atoms with van der Waals surface area (Å²) in [6.07, 6.45) is 2.95. The summed E-state index contributed by atoms with van der Waals surface area (Å²) < 4.78 is 2.65. The summed E-state index contributed by atoms with van der Waals surface area (Å²) in [5.41, 5.74) is 1.11. The first-order valence-corrected chi connectivity index (χ1v) is 6.45. The predicted molar refractivity (Wildman–Crippen MR) is 78.8 cm³/mol. The van der Waals surface area contributed by atoms with Gasteiger partial charge in [-0.2, -0.15) is 10.2 Å². The summed E-state index contributed by atoms with van der Waals surface area (Å²) in [5, 5.41) is 10.7. The normalized spacial score (nSPS) is 10.4. The number of para-hydroxylation sites is 2. The number of nitrogens with zero attached hydrogens (tertiary/aromatic N) is 5. The quantitative estimate of drug-likeness (QED) is 0.764. The highest BCUT2D eigenvalue weighted by Gasteiger charge is 2.12. The van der Waals surface area contributed by atoms with Crippen molar-refractivity contribution in [2.75, 3.05) is 5.32 Å². The van der Waals surface area contributed by atoms with Gasteiger partial charge >= 0.3 is 0 Å². The van der Waals surface area contributed by atoms with E-state index in [1.165, 1.54) is 31.8 Å². The van der Waals surface area contributed by atoms with E-state index >= 15 is 0 Å². The van der Waals surface area contributed by atoms with Crippen molar-refractivity contribution in [2.24, 2.45) is 7.05 Å². The van der Waals surface area contributed by atoms with Crippen LogP contribution in [0.15, 0.2) is 53.8 Å². The van der Waals surface area contributed by atoms with Crippen LogP contribution in [0.1, 0.15) is 10.5 Å². The second-order valence-corrected chi connectivity index (χ2v) is 4.49. The van der Waals surface area contributed by atoms with Gasteiger partial charge in [0, 0.05) is 13.1 Å². The molecule has 0 fully saturated rings. The number of benzene rings is 1. The number of carbonyl (C=O) groups excluding carboxylic acids is 1. The van der Waals surface area contributed by atoms with Crippen molar-refractivity contribution in [1.82, 2.24) is 24.5 Å². The molecule has 2 aromatic heterocycles. The minimum Gasteiger partial charge on any atom is -0.319 e. The van der Waals surface area contributed by atoms with E-state index in [4.69, 9.17) is 0 Å². The van der Waals surface area contributed by atoms with Crippen molar-refractivity contribution >= 4 is 11.6 Å². The summed E-state index contributed by atoms with van der Waals surface area (Å²) in [5.74, 6) is -0.414. The van der Waals surface area contributed by atoms with Crippen LogP contribution < -0.4 is 10.9 Å². The van der Waals surface area contributed by atoms with Gasteiger partial charge < -0.3 is 5.32 Å². The predicted octanol–water partition coefficient (Wildman–Crippen LogP) is 0.613. The summed E-state index contributed by atoms with van der Waals surface area (Å²) in [6.45, 7) is 0. The topological polar surface area (TPSA) is 94.7 Å². The highest BCUT2D eigenvalue weighted by Crippen LogP contribution is 2.19. The van der Waals surface area contributed by atoms with Gasteiger partial charge in [-0.1, -0.05) is 12.1 Å². The molecule has 0 spiro atoms. The third kappa shape index (κ3) is 2.62. The highest BCUT2D eigenvalue weighted by molar-refractivity contribution is 6.03. The van der Waals surface area contributed by atoms with Crippen LogP contribution in [0.2, 0.25) is 0 Å². The van der Waals surface area contributed by atoms with Gasteiger partial charge in [-0.25, -0.2) is 14.3 Å². The maximum atomic E-state index is 12.3. The Labute approximate surface area is 125 Å². The fourth-order valence-corrected chi connectivity index (χ4v) is 1.92. The number of anilines is 1. The average Bonchev–Trinajstić information content (AvgIpc) is 3.04. The monoisotopic (exact) mass is 296 g/mol. The summed E-state index contributed by atoms with van der Waals surface area (Å²) in [6, 6.07) is 9.86. The molecule has 0 saturated carbocycles. The lowest BCUT2D eigenvalue weighted by Gasteiger charge is -2.10. The van der Waals surface area contributed by atoms with Crippen molar-refractivity contribution < 1.29 is 4.79 Å². The van der Waals surface area contributed by atoms with Crippen molar-refractivity contribution in [2.45, 2.75) is 0 Å². The van der Waals surface area contributed by atoms with Crippen molar-refractivity contribution in [1.29, 1.82) is 0 Å². The molecule has 3 rings (SSSR count). The third-order valence-electron chi connectivity index (χ3n) is 3.01. The summed E-state index contributed by atoms with van der Waals surface area (Å²) >= 11 is 0. The molecule has 0 bridgehead atoms.